The standard InChI is InChI=1S/C13H16F2N2O/c14-10-2-1-9(12(15)8-10)7-13(18)17-6-5-16-11-3-4-11/h1-2,8,11,16H,3-7H2,(H,17,18). The number of benzene rings is 1. The minimum Gasteiger partial charge on any atom is -0.355 e. The fraction of sp³-hybridized carbons (Fsp3) is 0.462. The van der Waals surface area contributed by atoms with E-state index in [4.69, 9.17) is 0 Å². The molecule has 1 amide bonds. The summed E-state index contributed by atoms with van der Waals surface area (Å²) in [6, 6.07) is 3.85. The Morgan fingerprint density at radius 2 is 2.06 bits per heavy atom. The van der Waals surface area contributed by atoms with E-state index >= 15 is 0 Å². The fourth-order valence-electron chi connectivity index (χ4n) is 1.67. The van der Waals surface area contributed by atoms with Crippen LogP contribution in [-0.4, -0.2) is 25.0 Å². The molecule has 1 aromatic carbocycles. The Morgan fingerprint density at radius 3 is 2.72 bits per heavy atom. The van der Waals surface area contributed by atoms with Crippen LogP contribution < -0.4 is 10.6 Å². The van der Waals surface area contributed by atoms with Gasteiger partial charge in [0.2, 0.25) is 5.91 Å². The van der Waals surface area contributed by atoms with Crippen LogP contribution in [0.15, 0.2) is 18.2 Å². The molecule has 0 atom stereocenters. The Labute approximate surface area is 105 Å². The summed E-state index contributed by atoms with van der Waals surface area (Å²) in [6.07, 6.45) is 2.35. The van der Waals surface area contributed by atoms with Gasteiger partial charge in [-0.05, 0) is 24.5 Å². The van der Waals surface area contributed by atoms with Crippen LogP contribution in [0.1, 0.15) is 18.4 Å². The summed E-state index contributed by atoms with van der Waals surface area (Å²) in [4.78, 5) is 11.5. The van der Waals surface area contributed by atoms with Gasteiger partial charge in [0.15, 0.2) is 0 Å². The molecular formula is C13H16F2N2O. The minimum absolute atomic E-state index is 0.0600. The van der Waals surface area contributed by atoms with Crippen LogP contribution >= 0.6 is 0 Å². The second-order valence-corrected chi connectivity index (χ2v) is 4.49. The van der Waals surface area contributed by atoms with Crippen molar-refractivity contribution in [1.82, 2.24) is 10.6 Å². The van der Waals surface area contributed by atoms with Crippen LogP contribution in [0.3, 0.4) is 0 Å². The van der Waals surface area contributed by atoms with Crippen molar-refractivity contribution in [2.75, 3.05) is 13.1 Å². The average molecular weight is 254 g/mol. The maximum absolute atomic E-state index is 13.3. The van der Waals surface area contributed by atoms with E-state index in [1.807, 2.05) is 0 Å². The van der Waals surface area contributed by atoms with Gasteiger partial charge < -0.3 is 10.6 Å². The zero-order chi connectivity index (χ0) is 13.0. The molecule has 1 aliphatic carbocycles. The second kappa shape index (κ2) is 5.91. The molecule has 1 aliphatic rings. The van der Waals surface area contributed by atoms with E-state index in [1.165, 1.54) is 18.9 Å². The van der Waals surface area contributed by atoms with Crippen LogP contribution in [0.5, 0.6) is 0 Å². The summed E-state index contributed by atoms with van der Waals surface area (Å²) in [6.45, 7) is 1.25. The molecular weight excluding hydrogens is 238 g/mol. The van der Waals surface area contributed by atoms with Gasteiger partial charge in [-0.2, -0.15) is 0 Å². The van der Waals surface area contributed by atoms with E-state index in [0.29, 0.717) is 12.6 Å². The molecule has 98 valence electrons. The maximum atomic E-state index is 13.3. The molecule has 0 bridgehead atoms. The largest absolute Gasteiger partial charge is 0.355 e. The first-order chi connectivity index (χ1) is 8.65. The molecule has 0 radical (unpaired) electrons. The number of carbonyl (C=O) groups is 1. The first-order valence-corrected chi connectivity index (χ1v) is 6.09. The predicted molar refractivity (Wildman–Crippen MR) is 64.1 cm³/mol. The highest BCUT2D eigenvalue weighted by Crippen LogP contribution is 2.17. The smallest absolute Gasteiger partial charge is 0.224 e. The Hall–Kier alpha value is -1.49. The van der Waals surface area contributed by atoms with Crippen LogP contribution in [-0.2, 0) is 11.2 Å². The van der Waals surface area contributed by atoms with Crippen molar-refractivity contribution in [3.05, 3.63) is 35.4 Å². The molecule has 0 unspecified atom stereocenters. The lowest BCUT2D eigenvalue weighted by Gasteiger charge is -2.06. The summed E-state index contributed by atoms with van der Waals surface area (Å²) in [5.74, 6) is -1.57. The molecule has 2 rings (SSSR count). The third kappa shape index (κ3) is 4.07. The third-order valence-electron chi connectivity index (χ3n) is 2.82. The van der Waals surface area contributed by atoms with Gasteiger partial charge in [0.25, 0.3) is 0 Å². The number of nitrogens with one attached hydrogen (secondary N) is 2. The molecule has 0 saturated heterocycles. The summed E-state index contributed by atoms with van der Waals surface area (Å²) >= 11 is 0. The molecule has 5 heteroatoms. The average Bonchev–Trinajstić information content (AvgIpc) is 3.12. The molecule has 1 saturated carbocycles. The van der Waals surface area contributed by atoms with Gasteiger partial charge in [0, 0.05) is 25.2 Å². The van der Waals surface area contributed by atoms with E-state index in [-0.39, 0.29) is 17.9 Å². The van der Waals surface area contributed by atoms with E-state index in [9.17, 15) is 13.6 Å². The number of rotatable bonds is 6. The van der Waals surface area contributed by atoms with Gasteiger partial charge in [-0.25, -0.2) is 8.78 Å². The summed E-state index contributed by atoms with van der Waals surface area (Å²) in [7, 11) is 0. The molecule has 0 spiro atoms. The fourth-order valence-corrected chi connectivity index (χ4v) is 1.67. The zero-order valence-electron chi connectivity index (χ0n) is 10.0. The lowest BCUT2D eigenvalue weighted by Crippen LogP contribution is -2.33. The Balaban J connectivity index is 1.71. The van der Waals surface area contributed by atoms with Crippen molar-refractivity contribution >= 4 is 5.91 Å². The molecule has 2 N–H and O–H groups in total. The minimum atomic E-state index is -0.679. The number of halogens is 2. The molecule has 18 heavy (non-hydrogen) atoms. The third-order valence-corrected chi connectivity index (χ3v) is 2.82. The van der Waals surface area contributed by atoms with E-state index in [1.54, 1.807) is 0 Å². The van der Waals surface area contributed by atoms with Gasteiger partial charge in [-0.15, -0.1) is 0 Å². The highest BCUT2D eigenvalue weighted by Gasteiger charge is 2.19. The normalized spacial score (nSPS) is 14.6. The summed E-state index contributed by atoms with van der Waals surface area (Å²) in [5.41, 5.74) is 0.212. The van der Waals surface area contributed by atoms with Gasteiger partial charge in [0.05, 0.1) is 6.42 Å². The predicted octanol–water partition coefficient (Wildman–Crippen LogP) is 1.38. The van der Waals surface area contributed by atoms with Crippen molar-refractivity contribution in [2.24, 2.45) is 0 Å². The van der Waals surface area contributed by atoms with Crippen molar-refractivity contribution in [3.63, 3.8) is 0 Å². The lowest BCUT2D eigenvalue weighted by atomic mass is 10.1. The van der Waals surface area contributed by atoms with Crippen molar-refractivity contribution in [3.8, 4) is 0 Å². The SMILES string of the molecule is O=C(Cc1ccc(F)cc1F)NCCNC1CC1. The molecule has 1 fully saturated rings. The number of hydrogen-bond donors (Lipinski definition) is 2. The summed E-state index contributed by atoms with van der Waals surface area (Å²) < 4.78 is 25.9. The van der Waals surface area contributed by atoms with Gasteiger partial charge in [0.1, 0.15) is 11.6 Å². The summed E-state index contributed by atoms with van der Waals surface area (Å²) in [5, 5.41) is 5.95. The van der Waals surface area contributed by atoms with Gasteiger partial charge >= 0.3 is 0 Å². The highest BCUT2D eigenvalue weighted by atomic mass is 19.1. The lowest BCUT2D eigenvalue weighted by molar-refractivity contribution is -0.120. The Bertz CT molecular complexity index is 433. The van der Waals surface area contributed by atoms with Crippen molar-refractivity contribution in [1.29, 1.82) is 0 Å². The Morgan fingerprint density at radius 1 is 1.28 bits per heavy atom. The number of carbonyl (C=O) groups excluding carboxylic acids is 1. The van der Waals surface area contributed by atoms with Crippen LogP contribution in [0.2, 0.25) is 0 Å². The first-order valence-electron chi connectivity index (χ1n) is 6.09. The van der Waals surface area contributed by atoms with Gasteiger partial charge in [-0.3, -0.25) is 4.79 Å². The second-order valence-electron chi connectivity index (χ2n) is 4.49. The van der Waals surface area contributed by atoms with Crippen LogP contribution in [0.25, 0.3) is 0 Å². The first kappa shape index (κ1) is 13.0. The maximum Gasteiger partial charge on any atom is 0.224 e. The molecule has 1 aromatic rings. The van der Waals surface area contributed by atoms with E-state index in [2.05, 4.69) is 10.6 Å². The zero-order valence-corrected chi connectivity index (χ0v) is 10.0. The molecule has 0 aliphatic heterocycles. The number of amides is 1. The van der Waals surface area contributed by atoms with E-state index in [0.717, 1.165) is 18.7 Å². The monoisotopic (exact) mass is 254 g/mol. The van der Waals surface area contributed by atoms with E-state index < -0.39 is 11.6 Å². The van der Waals surface area contributed by atoms with Crippen LogP contribution in [0, 0.1) is 11.6 Å². The molecule has 3 nitrogen and oxygen atoms in total. The number of hydrogen-bond acceptors (Lipinski definition) is 2. The van der Waals surface area contributed by atoms with Crippen LogP contribution in [0.4, 0.5) is 8.78 Å². The molecule has 0 heterocycles. The highest BCUT2D eigenvalue weighted by molar-refractivity contribution is 5.78. The molecule has 0 aromatic heterocycles. The van der Waals surface area contributed by atoms with Gasteiger partial charge in [-0.1, -0.05) is 6.07 Å². The Kier molecular flexibility index (Phi) is 4.25. The quantitative estimate of drug-likeness (QED) is 0.753. The van der Waals surface area contributed by atoms with Crippen molar-refractivity contribution < 1.29 is 13.6 Å². The topological polar surface area (TPSA) is 41.1 Å². The van der Waals surface area contributed by atoms with Crippen molar-refractivity contribution in [2.45, 2.75) is 25.3 Å².